The van der Waals surface area contributed by atoms with Crippen molar-refractivity contribution in [3.8, 4) is 0 Å². The second kappa shape index (κ2) is 26.2. The topological polar surface area (TPSA) is 158 Å². The van der Waals surface area contributed by atoms with Crippen molar-refractivity contribution in [1.29, 1.82) is 0 Å². The SMILES string of the molecule is CCCCN(c1ccccc1CCc1ccc(C(=O)O)cc1)S(=O)(=O)c1ccc(C(F)(F)F)cc1.O=C(O)c1ccc(CCc2ccccc2NCCCCCCCS(=O)(=O)c2ccc(Cl)cc2)cc1. The number of carbonyl (C=O) groups is 2. The van der Waals surface area contributed by atoms with E-state index in [0.717, 1.165) is 98.1 Å². The number of halogens is 4. The molecule has 0 heterocycles. The van der Waals surface area contributed by atoms with Crippen LogP contribution in [0.4, 0.5) is 24.5 Å². The number of aryl methyl sites for hydroxylation is 4. The van der Waals surface area contributed by atoms with Crippen LogP contribution in [0, 0.1) is 0 Å². The lowest BCUT2D eigenvalue weighted by Crippen LogP contribution is -2.33. The van der Waals surface area contributed by atoms with E-state index < -0.39 is 43.5 Å². The smallest absolute Gasteiger partial charge is 0.416 e. The minimum atomic E-state index is -4.56. The molecular formula is C54H58ClF3N2O8S2. The minimum absolute atomic E-state index is 0.166. The van der Waals surface area contributed by atoms with E-state index in [1.54, 1.807) is 66.7 Å². The Morgan fingerprint density at radius 1 is 0.586 bits per heavy atom. The maximum absolute atomic E-state index is 13.5. The van der Waals surface area contributed by atoms with E-state index in [9.17, 15) is 39.6 Å². The summed E-state index contributed by atoms with van der Waals surface area (Å²) in [5, 5.41) is 22.2. The predicted octanol–water partition coefficient (Wildman–Crippen LogP) is 12.8. The summed E-state index contributed by atoms with van der Waals surface area (Å²) in [5.41, 5.74) is 5.20. The standard InChI is InChI=1S/C28H32ClNO4S.C26H26F3NO4S/c29-25-16-18-26(19-17-25)35(33,34)21-7-3-1-2-6-20-30-27-9-5-4-8-23(27)13-10-22-11-14-24(15-12-22)28(31)32;1-2-3-18-30(35(33,34)23-16-14-22(15-17-23)26(27,28)29)24-7-5-4-6-20(24)11-8-19-9-12-21(13-10-19)25(31)32/h4-5,8-9,11-12,14-19,30H,1-3,6-7,10,13,20-21H2,(H,31,32);4-7,9-10,12-17H,2-3,8,11,18H2,1H3,(H,31,32). The van der Waals surface area contributed by atoms with E-state index in [1.165, 1.54) is 22.0 Å². The Kier molecular flexibility index (Phi) is 20.5. The van der Waals surface area contributed by atoms with Crippen LogP contribution in [-0.2, 0) is 51.7 Å². The Hall–Kier alpha value is -6.16. The van der Waals surface area contributed by atoms with Gasteiger partial charge in [0.25, 0.3) is 10.0 Å². The number of rotatable bonds is 24. The third-order valence-corrected chi connectivity index (χ3v) is 15.5. The average Bonchev–Trinajstić information content (AvgIpc) is 3.34. The van der Waals surface area contributed by atoms with E-state index in [0.29, 0.717) is 46.9 Å². The molecule has 0 amide bonds. The molecule has 0 bridgehead atoms. The van der Waals surface area contributed by atoms with Crippen LogP contribution in [0.15, 0.2) is 155 Å². The molecule has 0 unspecified atom stereocenters. The molecule has 0 radical (unpaired) electrons. The molecule has 0 aliphatic carbocycles. The Morgan fingerprint density at radius 2 is 1.09 bits per heavy atom. The highest BCUT2D eigenvalue weighted by atomic mass is 35.5. The third kappa shape index (κ3) is 16.5. The van der Waals surface area contributed by atoms with Gasteiger partial charge in [-0.2, -0.15) is 13.2 Å². The molecule has 0 aromatic heterocycles. The van der Waals surface area contributed by atoms with Gasteiger partial charge < -0.3 is 15.5 Å². The summed E-state index contributed by atoms with van der Waals surface area (Å²) in [7, 11) is -7.35. The Bertz CT molecular complexity index is 2840. The number of unbranched alkanes of at least 4 members (excludes halogenated alkanes) is 5. The van der Waals surface area contributed by atoms with Crippen molar-refractivity contribution in [3.63, 3.8) is 0 Å². The van der Waals surface area contributed by atoms with Gasteiger partial charge in [0.15, 0.2) is 9.84 Å². The molecule has 0 atom stereocenters. The summed E-state index contributed by atoms with van der Waals surface area (Å²) < 4.78 is 91.9. The molecule has 70 heavy (non-hydrogen) atoms. The molecule has 0 aliphatic heterocycles. The third-order valence-electron chi connectivity index (χ3n) is 11.6. The summed E-state index contributed by atoms with van der Waals surface area (Å²) >= 11 is 5.83. The van der Waals surface area contributed by atoms with E-state index in [-0.39, 0.29) is 22.8 Å². The number of sulfone groups is 1. The highest BCUT2D eigenvalue weighted by Gasteiger charge is 2.32. The fourth-order valence-corrected chi connectivity index (χ4v) is 10.6. The number of sulfonamides is 1. The number of carboxylic acid groups (broad SMARTS) is 2. The van der Waals surface area contributed by atoms with Crippen LogP contribution in [-0.4, -0.2) is 57.8 Å². The van der Waals surface area contributed by atoms with Crippen LogP contribution in [0.2, 0.25) is 5.02 Å². The van der Waals surface area contributed by atoms with Gasteiger partial charge in [-0.1, -0.05) is 105 Å². The van der Waals surface area contributed by atoms with Gasteiger partial charge in [-0.15, -0.1) is 0 Å². The monoisotopic (exact) mass is 1020 g/mol. The second-order valence-corrected chi connectivity index (χ2v) is 21.1. The fraction of sp³-hybridized carbons (Fsp3) is 0.296. The van der Waals surface area contributed by atoms with Gasteiger partial charge in [-0.25, -0.2) is 26.4 Å². The van der Waals surface area contributed by atoms with Crippen molar-refractivity contribution in [2.24, 2.45) is 0 Å². The zero-order chi connectivity index (χ0) is 50.7. The molecule has 0 aliphatic rings. The predicted molar refractivity (Wildman–Crippen MR) is 270 cm³/mol. The first kappa shape index (κ1) is 54.8. The van der Waals surface area contributed by atoms with Gasteiger partial charge in [0.1, 0.15) is 0 Å². The van der Waals surface area contributed by atoms with E-state index >= 15 is 0 Å². The van der Waals surface area contributed by atoms with Crippen molar-refractivity contribution >= 4 is 54.8 Å². The molecule has 6 aromatic rings. The first-order chi connectivity index (χ1) is 33.4. The van der Waals surface area contributed by atoms with Crippen molar-refractivity contribution in [3.05, 3.63) is 190 Å². The normalized spacial score (nSPS) is 11.6. The lowest BCUT2D eigenvalue weighted by molar-refractivity contribution is -0.137. The van der Waals surface area contributed by atoms with Crippen molar-refractivity contribution in [2.75, 3.05) is 28.5 Å². The molecule has 0 fully saturated rings. The number of carboxylic acids is 2. The number of nitrogens with one attached hydrogen (secondary N) is 1. The lowest BCUT2D eigenvalue weighted by atomic mass is 10.0. The number of aromatic carboxylic acids is 2. The van der Waals surface area contributed by atoms with E-state index in [2.05, 4.69) is 17.4 Å². The number of para-hydroxylation sites is 2. The van der Waals surface area contributed by atoms with Gasteiger partial charge in [-0.3, -0.25) is 4.31 Å². The molecule has 16 heteroatoms. The van der Waals surface area contributed by atoms with Gasteiger partial charge >= 0.3 is 18.1 Å². The first-order valence-electron chi connectivity index (χ1n) is 23.1. The summed E-state index contributed by atoms with van der Waals surface area (Å²) in [5.74, 6) is -1.75. The summed E-state index contributed by atoms with van der Waals surface area (Å²) in [6.07, 6.45) is 4.15. The van der Waals surface area contributed by atoms with E-state index in [4.69, 9.17) is 21.8 Å². The van der Waals surface area contributed by atoms with Crippen LogP contribution < -0.4 is 9.62 Å². The second-order valence-electron chi connectivity index (χ2n) is 16.7. The molecule has 0 saturated heterocycles. The number of alkyl halides is 3. The number of hydrogen-bond acceptors (Lipinski definition) is 7. The quantitative estimate of drug-likeness (QED) is 0.0502. The average molecular weight is 1020 g/mol. The molecule has 3 N–H and O–H groups in total. The van der Waals surface area contributed by atoms with Crippen LogP contribution >= 0.6 is 11.6 Å². The molecular weight excluding hydrogens is 961 g/mol. The van der Waals surface area contributed by atoms with Gasteiger partial charge in [-0.05, 0) is 152 Å². The zero-order valence-corrected chi connectivity index (χ0v) is 41.3. The summed E-state index contributed by atoms with van der Waals surface area (Å²) in [4.78, 5) is 22.2. The van der Waals surface area contributed by atoms with Crippen LogP contribution in [0.1, 0.15) is 100 Å². The van der Waals surface area contributed by atoms with Gasteiger partial charge in [0, 0.05) is 23.8 Å². The first-order valence-corrected chi connectivity index (χ1v) is 26.6. The molecule has 6 aromatic carbocycles. The Labute approximate surface area is 414 Å². The highest BCUT2D eigenvalue weighted by Crippen LogP contribution is 2.33. The lowest BCUT2D eigenvalue weighted by Gasteiger charge is -2.27. The van der Waals surface area contributed by atoms with Crippen molar-refractivity contribution in [1.82, 2.24) is 0 Å². The molecule has 6 rings (SSSR count). The Balaban J connectivity index is 0.000000261. The minimum Gasteiger partial charge on any atom is -0.478 e. The summed E-state index contributed by atoms with van der Waals surface area (Å²) in [6, 6.07) is 38.7. The number of benzene rings is 6. The van der Waals surface area contributed by atoms with Crippen molar-refractivity contribution in [2.45, 2.75) is 93.5 Å². The maximum atomic E-state index is 13.5. The van der Waals surface area contributed by atoms with Crippen molar-refractivity contribution < 1.29 is 49.8 Å². The molecule has 10 nitrogen and oxygen atoms in total. The van der Waals surface area contributed by atoms with Gasteiger partial charge in [0.05, 0.1) is 37.9 Å². The maximum Gasteiger partial charge on any atom is 0.416 e. The van der Waals surface area contributed by atoms with Crippen LogP contribution in [0.25, 0.3) is 0 Å². The molecule has 0 spiro atoms. The molecule has 0 saturated carbocycles. The van der Waals surface area contributed by atoms with Crippen LogP contribution in [0.5, 0.6) is 0 Å². The fourth-order valence-electron chi connectivity index (χ4n) is 7.61. The number of anilines is 2. The molecule has 372 valence electrons. The van der Waals surface area contributed by atoms with E-state index in [1.807, 2.05) is 37.3 Å². The highest BCUT2D eigenvalue weighted by molar-refractivity contribution is 7.92. The largest absolute Gasteiger partial charge is 0.478 e. The Morgan fingerprint density at radius 3 is 1.64 bits per heavy atom. The summed E-state index contributed by atoms with van der Waals surface area (Å²) in [6.45, 7) is 2.98. The number of nitrogens with zero attached hydrogens (tertiary/aromatic N) is 1. The van der Waals surface area contributed by atoms with Crippen LogP contribution in [0.3, 0.4) is 0 Å². The van der Waals surface area contributed by atoms with Gasteiger partial charge in [0.2, 0.25) is 0 Å². The number of hydrogen-bond donors (Lipinski definition) is 3. The zero-order valence-electron chi connectivity index (χ0n) is 38.9.